The highest BCUT2D eigenvalue weighted by atomic mass is 15.1. The monoisotopic (exact) mass is 282 g/mol. The summed E-state index contributed by atoms with van der Waals surface area (Å²) in [5, 5.41) is 6.46. The van der Waals surface area contributed by atoms with Crippen LogP contribution in [-0.4, -0.2) is 16.5 Å². The van der Waals surface area contributed by atoms with Gasteiger partial charge in [-0.2, -0.15) is 4.98 Å². The molecule has 0 saturated heterocycles. The van der Waals surface area contributed by atoms with Crippen molar-refractivity contribution in [3.8, 4) is 0 Å². The molecule has 1 heterocycles. The molecule has 0 atom stereocenters. The quantitative estimate of drug-likeness (QED) is 0.810. The van der Waals surface area contributed by atoms with Gasteiger partial charge in [0.05, 0.1) is 0 Å². The zero-order valence-electron chi connectivity index (χ0n) is 12.9. The van der Waals surface area contributed by atoms with E-state index in [1.54, 1.807) is 12.3 Å². The summed E-state index contributed by atoms with van der Waals surface area (Å²) in [6.45, 7) is 10.9. The van der Waals surface area contributed by atoms with Crippen molar-refractivity contribution in [2.45, 2.75) is 26.2 Å². The number of aromatic nitrogens is 2. The Balaban J connectivity index is 2.24. The summed E-state index contributed by atoms with van der Waals surface area (Å²) in [6, 6.07) is 10.1. The molecule has 4 nitrogen and oxygen atoms in total. The Morgan fingerprint density at radius 3 is 2.67 bits per heavy atom. The lowest BCUT2D eigenvalue weighted by Crippen LogP contribution is -2.14. The second kappa shape index (κ2) is 6.39. The molecule has 2 aromatic rings. The highest BCUT2D eigenvalue weighted by Gasteiger charge is 2.17. The molecule has 0 bridgehead atoms. The molecule has 0 fully saturated rings. The van der Waals surface area contributed by atoms with Gasteiger partial charge in [-0.3, -0.25) is 0 Å². The fourth-order valence-electron chi connectivity index (χ4n) is 2.06. The molecule has 1 aromatic heterocycles. The van der Waals surface area contributed by atoms with Crippen molar-refractivity contribution >= 4 is 17.5 Å². The third-order valence-electron chi connectivity index (χ3n) is 3.06. The molecule has 2 rings (SSSR count). The number of hydrogen-bond donors (Lipinski definition) is 2. The van der Waals surface area contributed by atoms with Crippen LogP contribution in [0.2, 0.25) is 0 Å². The maximum absolute atomic E-state index is 4.45. The summed E-state index contributed by atoms with van der Waals surface area (Å²) in [6.07, 6.45) is 3.53. The van der Waals surface area contributed by atoms with Crippen LogP contribution >= 0.6 is 0 Å². The third-order valence-corrected chi connectivity index (χ3v) is 3.06. The standard InChI is InChI=1S/C17H22N4/c1-5-11-18-15-10-12-19-16(21-15)20-14-9-7-6-8-13(14)17(2,3)4/h5-10,12H,1,11H2,2-4H3,(H2,18,19,20,21). The molecule has 0 saturated carbocycles. The Bertz CT molecular complexity index is 614. The van der Waals surface area contributed by atoms with Crippen LogP contribution in [0.5, 0.6) is 0 Å². The first-order valence-electron chi connectivity index (χ1n) is 7.05. The first-order valence-corrected chi connectivity index (χ1v) is 7.05. The van der Waals surface area contributed by atoms with Gasteiger partial charge in [0.25, 0.3) is 0 Å². The van der Waals surface area contributed by atoms with E-state index in [0.29, 0.717) is 12.5 Å². The summed E-state index contributed by atoms with van der Waals surface area (Å²) in [5.41, 5.74) is 2.33. The van der Waals surface area contributed by atoms with Crippen LogP contribution in [0.25, 0.3) is 0 Å². The van der Waals surface area contributed by atoms with E-state index in [2.05, 4.69) is 60.1 Å². The molecule has 4 heteroatoms. The van der Waals surface area contributed by atoms with E-state index in [9.17, 15) is 0 Å². The van der Waals surface area contributed by atoms with Crippen molar-refractivity contribution in [1.82, 2.24) is 9.97 Å². The first-order chi connectivity index (χ1) is 10.0. The molecule has 2 N–H and O–H groups in total. The van der Waals surface area contributed by atoms with E-state index in [0.717, 1.165) is 11.5 Å². The molecular formula is C17H22N4. The van der Waals surface area contributed by atoms with Crippen molar-refractivity contribution in [3.05, 3.63) is 54.7 Å². The van der Waals surface area contributed by atoms with Gasteiger partial charge in [-0.05, 0) is 23.1 Å². The van der Waals surface area contributed by atoms with Gasteiger partial charge in [-0.1, -0.05) is 45.0 Å². The molecule has 0 radical (unpaired) electrons. The van der Waals surface area contributed by atoms with Gasteiger partial charge in [-0.25, -0.2) is 4.98 Å². The molecule has 21 heavy (non-hydrogen) atoms. The van der Waals surface area contributed by atoms with Crippen LogP contribution in [-0.2, 0) is 5.41 Å². The number of nitrogens with zero attached hydrogens (tertiary/aromatic N) is 2. The SMILES string of the molecule is C=CCNc1ccnc(Nc2ccccc2C(C)(C)C)n1. The molecule has 110 valence electrons. The van der Waals surface area contributed by atoms with Crippen LogP contribution in [0.4, 0.5) is 17.5 Å². The molecular weight excluding hydrogens is 260 g/mol. The van der Waals surface area contributed by atoms with Crippen molar-refractivity contribution in [2.24, 2.45) is 0 Å². The molecule has 0 aliphatic rings. The maximum atomic E-state index is 4.45. The average molecular weight is 282 g/mol. The van der Waals surface area contributed by atoms with Gasteiger partial charge < -0.3 is 10.6 Å². The summed E-state index contributed by atoms with van der Waals surface area (Å²) in [5.74, 6) is 1.36. The smallest absolute Gasteiger partial charge is 0.229 e. The van der Waals surface area contributed by atoms with Crippen molar-refractivity contribution in [2.75, 3.05) is 17.2 Å². The van der Waals surface area contributed by atoms with E-state index < -0.39 is 0 Å². The summed E-state index contributed by atoms with van der Waals surface area (Å²) < 4.78 is 0. The summed E-state index contributed by atoms with van der Waals surface area (Å²) in [4.78, 5) is 8.73. The van der Waals surface area contributed by atoms with Gasteiger partial charge in [0.1, 0.15) is 5.82 Å². The fraction of sp³-hybridized carbons (Fsp3) is 0.294. The third kappa shape index (κ3) is 4.05. The van der Waals surface area contributed by atoms with Gasteiger partial charge >= 0.3 is 0 Å². The molecule has 0 unspecified atom stereocenters. The molecule has 0 aliphatic heterocycles. The molecule has 0 spiro atoms. The average Bonchev–Trinajstić information content (AvgIpc) is 2.45. The zero-order valence-corrected chi connectivity index (χ0v) is 12.9. The minimum Gasteiger partial charge on any atom is -0.366 e. The Labute approximate surface area is 126 Å². The molecule has 0 amide bonds. The Morgan fingerprint density at radius 2 is 1.95 bits per heavy atom. The minimum absolute atomic E-state index is 0.0578. The lowest BCUT2D eigenvalue weighted by atomic mass is 9.86. The lowest BCUT2D eigenvalue weighted by molar-refractivity contribution is 0.592. The zero-order chi connectivity index (χ0) is 15.3. The van der Waals surface area contributed by atoms with Gasteiger partial charge in [-0.15, -0.1) is 6.58 Å². The van der Waals surface area contributed by atoms with Crippen LogP contribution in [0, 0.1) is 0 Å². The number of hydrogen-bond acceptors (Lipinski definition) is 4. The van der Waals surface area contributed by atoms with E-state index in [4.69, 9.17) is 0 Å². The van der Waals surface area contributed by atoms with Crippen molar-refractivity contribution in [3.63, 3.8) is 0 Å². The van der Waals surface area contributed by atoms with Gasteiger partial charge in [0.2, 0.25) is 5.95 Å². The second-order valence-electron chi connectivity index (χ2n) is 5.86. The molecule has 1 aromatic carbocycles. The number of rotatable bonds is 5. The summed E-state index contributed by atoms with van der Waals surface area (Å²) >= 11 is 0. The normalized spacial score (nSPS) is 11.0. The molecule has 0 aliphatic carbocycles. The van der Waals surface area contributed by atoms with Crippen LogP contribution < -0.4 is 10.6 Å². The highest BCUT2D eigenvalue weighted by molar-refractivity contribution is 5.61. The van der Waals surface area contributed by atoms with Crippen molar-refractivity contribution in [1.29, 1.82) is 0 Å². The second-order valence-corrected chi connectivity index (χ2v) is 5.86. The van der Waals surface area contributed by atoms with Gasteiger partial charge in [0.15, 0.2) is 0 Å². The van der Waals surface area contributed by atoms with E-state index in [1.165, 1.54) is 5.56 Å². The number of nitrogens with one attached hydrogen (secondary N) is 2. The highest BCUT2D eigenvalue weighted by Crippen LogP contribution is 2.30. The fourth-order valence-corrected chi connectivity index (χ4v) is 2.06. The number of anilines is 3. The Kier molecular flexibility index (Phi) is 4.58. The minimum atomic E-state index is 0.0578. The Hall–Kier alpha value is -2.36. The topological polar surface area (TPSA) is 49.8 Å². The first kappa shape index (κ1) is 15.0. The van der Waals surface area contributed by atoms with Crippen molar-refractivity contribution < 1.29 is 0 Å². The van der Waals surface area contributed by atoms with Crippen LogP contribution in [0.1, 0.15) is 26.3 Å². The Morgan fingerprint density at radius 1 is 1.19 bits per heavy atom. The largest absolute Gasteiger partial charge is 0.366 e. The summed E-state index contributed by atoms with van der Waals surface area (Å²) in [7, 11) is 0. The number of benzene rings is 1. The van der Waals surface area contributed by atoms with E-state index >= 15 is 0 Å². The predicted molar refractivity (Wildman–Crippen MR) is 89.1 cm³/mol. The van der Waals surface area contributed by atoms with Crippen LogP contribution in [0.15, 0.2) is 49.2 Å². The van der Waals surface area contributed by atoms with Gasteiger partial charge in [0, 0.05) is 18.4 Å². The lowest BCUT2D eigenvalue weighted by Gasteiger charge is -2.23. The maximum Gasteiger partial charge on any atom is 0.229 e. The van der Waals surface area contributed by atoms with E-state index in [-0.39, 0.29) is 5.41 Å². The van der Waals surface area contributed by atoms with E-state index in [1.807, 2.05) is 18.2 Å². The number of para-hydroxylation sites is 1. The van der Waals surface area contributed by atoms with Crippen LogP contribution in [0.3, 0.4) is 0 Å². The predicted octanol–water partition coefficient (Wildman–Crippen LogP) is 4.12.